The van der Waals surface area contributed by atoms with E-state index in [0.717, 1.165) is 3.57 Å². The Hall–Kier alpha value is -1.80. The SMILES string of the molecule is CC1(C)OC[C@H](CONC(=O)c2oc3c(Br)cncc3c2Nc2ccc(I)cc2F)O1. The molecule has 0 saturated carbocycles. The van der Waals surface area contributed by atoms with Crippen LogP contribution in [0.3, 0.4) is 0 Å². The molecule has 2 N–H and O–H groups in total. The van der Waals surface area contributed by atoms with Crippen LogP contribution in [-0.4, -0.2) is 36.0 Å². The first-order valence-electron chi connectivity index (χ1n) is 9.25. The Bertz CT molecular complexity index is 1140. The lowest BCUT2D eigenvalue weighted by Crippen LogP contribution is -2.30. The molecule has 2 aromatic heterocycles. The third kappa shape index (κ3) is 5.00. The second-order valence-electron chi connectivity index (χ2n) is 7.25. The highest BCUT2D eigenvalue weighted by atomic mass is 127. The number of hydrogen-bond donors (Lipinski definition) is 2. The number of nitrogens with zero attached hydrogens (tertiary/aromatic N) is 1. The van der Waals surface area contributed by atoms with Gasteiger partial charge in [-0.05, 0) is 70.6 Å². The third-order valence-electron chi connectivity index (χ3n) is 4.45. The number of halogens is 3. The van der Waals surface area contributed by atoms with Crippen LogP contribution in [0.4, 0.5) is 15.8 Å². The second kappa shape index (κ2) is 8.98. The van der Waals surface area contributed by atoms with Crippen LogP contribution in [0, 0.1) is 9.39 Å². The molecule has 1 aromatic carbocycles. The summed E-state index contributed by atoms with van der Waals surface area (Å²) in [5, 5.41) is 3.45. The fourth-order valence-corrected chi connectivity index (χ4v) is 3.95. The number of furan rings is 1. The number of nitrogens with one attached hydrogen (secondary N) is 2. The van der Waals surface area contributed by atoms with Crippen molar-refractivity contribution < 1.29 is 27.9 Å². The van der Waals surface area contributed by atoms with Gasteiger partial charge in [-0.3, -0.25) is 14.6 Å². The van der Waals surface area contributed by atoms with Crippen molar-refractivity contribution in [1.29, 1.82) is 0 Å². The number of carbonyl (C=O) groups excluding carboxylic acids is 1. The van der Waals surface area contributed by atoms with E-state index in [0.29, 0.717) is 22.0 Å². The van der Waals surface area contributed by atoms with Gasteiger partial charge in [-0.2, -0.15) is 0 Å². The van der Waals surface area contributed by atoms with E-state index in [1.165, 1.54) is 12.3 Å². The molecule has 31 heavy (non-hydrogen) atoms. The lowest BCUT2D eigenvalue weighted by molar-refractivity contribution is -0.147. The van der Waals surface area contributed by atoms with Crippen molar-refractivity contribution in [3.05, 3.63) is 50.2 Å². The minimum Gasteiger partial charge on any atom is -0.447 e. The highest BCUT2D eigenvalue weighted by Crippen LogP contribution is 2.37. The van der Waals surface area contributed by atoms with Crippen molar-refractivity contribution in [3.63, 3.8) is 0 Å². The molecule has 0 bridgehead atoms. The molecule has 3 heterocycles. The molecule has 3 aromatic rings. The molecule has 0 radical (unpaired) electrons. The second-order valence-corrected chi connectivity index (χ2v) is 9.35. The van der Waals surface area contributed by atoms with E-state index in [-0.39, 0.29) is 29.8 Å². The number of pyridine rings is 1. The van der Waals surface area contributed by atoms with Crippen molar-refractivity contribution in [2.45, 2.75) is 25.7 Å². The van der Waals surface area contributed by atoms with Crippen molar-refractivity contribution in [1.82, 2.24) is 10.5 Å². The Morgan fingerprint density at radius 1 is 1.42 bits per heavy atom. The molecule has 0 spiro atoms. The molecular weight excluding hydrogens is 588 g/mol. The number of carbonyl (C=O) groups is 1. The Morgan fingerprint density at radius 3 is 2.94 bits per heavy atom. The van der Waals surface area contributed by atoms with Crippen LogP contribution in [0.25, 0.3) is 11.0 Å². The molecule has 0 unspecified atom stereocenters. The summed E-state index contributed by atoms with van der Waals surface area (Å²) in [6, 6.07) is 4.71. The van der Waals surface area contributed by atoms with Crippen molar-refractivity contribution in [2.24, 2.45) is 0 Å². The molecule has 164 valence electrons. The molecule has 1 fully saturated rings. The van der Waals surface area contributed by atoms with Gasteiger partial charge in [0.25, 0.3) is 0 Å². The minimum absolute atomic E-state index is 0.0782. The summed E-state index contributed by atoms with van der Waals surface area (Å²) in [6.45, 7) is 4.04. The average Bonchev–Trinajstić information content (AvgIpc) is 3.25. The zero-order valence-electron chi connectivity index (χ0n) is 16.5. The van der Waals surface area contributed by atoms with E-state index >= 15 is 0 Å². The van der Waals surface area contributed by atoms with Crippen LogP contribution in [-0.2, 0) is 14.3 Å². The predicted molar refractivity (Wildman–Crippen MR) is 122 cm³/mol. The summed E-state index contributed by atoms with van der Waals surface area (Å²) in [6.07, 6.45) is 2.75. The molecule has 1 aliphatic rings. The smallest absolute Gasteiger partial charge is 0.312 e. The lowest BCUT2D eigenvalue weighted by atomic mass is 10.2. The van der Waals surface area contributed by atoms with Gasteiger partial charge in [-0.15, -0.1) is 0 Å². The van der Waals surface area contributed by atoms with E-state index in [2.05, 4.69) is 31.7 Å². The number of benzene rings is 1. The summed E-state index contributed by atoms with van der Waals surface area (Å²) in [5.41, 5.74) is 3.20. The number of rotatable bonds is 6. The average molecular weight is 606 g/mol. The van der Waals surface area contributed by atoms with E-state index in [9.17, 15) is 9.18 Å². The van der Waals surface area contributed by atoms with Crippen molar-refractivity contribution >= 4 is 66.8 Å². The van der Waals surface area contributed by atoms with Crippen molar-refractivity contribution in [2.75, 3.05) is 18.5 Å². The molecule has 4 rings (SSSR count). The quantitative estimate of drug-likeness (QED) is 0.305. The number of amides is 1. The summed E-state index contributed by atoms with van der Waals surface area (Å²) in [5.74, 6) is -1.88. The van der Waals surface area contributed by atoms with Crippen LogP contribution in [0.5, 0.6) is 0 Å². The maximum absolute atomic E-state index is 14.4. The highest BCUT2D eigenvalue weighted by Gasteiger charge is 2.33. The summed E-state index contributed by atoms with van der Waals surface area (Å²) in [4.78, 5) is 22.2. The highest BCUT2D eigenvalue weighted by molar-refractivity contribution is 14.1. The Balaban J connectivity index is 1.57. The molecular formula is C20H18BrFIN3O5. The third-order valence-corrected chi connectivity index (χ3v) is 5.69. The van der Waals surface area contributed by atoms with E-state index in [1.807, 2.05) is 22.6 Å². The normalized spacial score (nSPS) is 17.8. The fraction of sp³-hybridized carbons (Fsp3) is 0.300. The first-order chi connectivity index (χ1) is 14.7. The topological polar surface area (TPSA) is 94.9 Å². The Labute approximate surface area is 199 Å². The van der Waals surface area contributed by atoms with Gasteiger partial charge in [0.15, 0.2) is 11.4 Å². The number of aromatic nitrogens is 1. The van der Waals surface area contributed by atoms with E-state index < -0.39 is 17.5 Å². The van der Waals surface area contributed by atoms with Gasteiger partial charge in [-0.1, -0.05) is 0 Å². The molecule has 8 nitrogen and oxygen atoms in total. The number of fused-ring (bicyclic) bond motifs is 1. The summed E-state index contributed by atoms with van der Waals surface area (Å²) >= 11 is 5.38. The van der Waals surface area contributed by atoms with Crippen LogP contribution >= 0.6 is 38.5 Å². The van der Waals surface area contributed by atoms with Gasteiger partial charge in [-0.25, -0.2) is 9.87 Å². The number of hydrogen-bond acceptors (Lipinski definition) is 7. The first-order valence-corrected chi connectivity index (χ1v) is 11.1. The van der Waals surface area contributed by atoms with Gasteiger partial charge in [0.05, 0.1) is 22.2 Å². The van der Waals surface area contributed by atoms with Crippen LogP contribution in [0.1, 0.15) is 24.4 Å². The van der Waals surface area contributed by atoms with Gasteiger partial charge < -0.3 is 19.2 Å². The zero-order valence-corrected chi connectivity index (χ0v) is 20.2. The maximum Gasteiger partial charge on any atom is 0.312 e. The Kier molecular flexibility index (Phi) is 6.49. The number of hydroxylamine groups is 1. The minimum atomic E-state index is -0.690. The number of anilines is 2. The Morgan fingerprint density at radius 2 is 2.23 bits per heavy atom. The monoisotopic (exact) mass is 605 g/mol. The molecule has 1 aliphatic heterocycles. The van der Waals surface area contributed by atoms with E-state index in [4.69, 9.17) is 18.7 Å². The molecule has 1 atom stereocenters. The number of ether oxygens (including phenoxy) is 2. The summed E-state index contributed by atoms with van der Waals surface area (Å²) < 4.78 is 32.6. The lowest BCUT2D eigenvalue weighted by Gasteiger charge is -2.16. The fourth-order valence-electron chi connectivity index (χ4n) is 3.08. The van der Waals surface area contributed by atoms with Gasteiger partial charge in [0.2, 0.25) is 5.76 Å². The van der Waals surface area contributed by atoms with Gasteiger partial charge in [0.1, 0.15) is 24.2 Å². The van der Waals surface area contributed by atoms with Crippen LogP contribution < -0.4 is 10.8 Å². The first kappa shape index (κ1) is 22.4. The van der Waals surface area contributed by atoms with E-state index in [1.54, 1.807) is 32.2 Å². The van der Waals surface area contributed by atoms with Gasteiger partial charge >= 0.3 is 5.91 Å². The maximum atomic E-state index is 14.4. The van der Waals surface area contributed by atoms with Crippen molar-refractivity contribution in [3.8, 4) is 0 Å². The van der Waals surface area contributed by atoms with Crippen LogP contribution in [0.15, 0.2) is 39.5 Å². The standard InChI is InChI=1S/C20H18BrFIN3O5/c1-20(2)28-8-11(31-20)9-29-26-19(27)18-16(12-6-24-7-13(21)17(12)30-18)25-15-4-3-10(23)5-14(15)22/h3-7,11,25H,8-9H2,1-2H3,(H,26,27)/t11-/m1/s1. The molecule has 11 heteroatoms. The molecule has 1 amide bonds. The van der Waals surface area contributed by atoms with Gasteiger partial charge in [0, 0.05) is 16.0 Å². The largest absolute Gasteiger partial charge is 0.447 e. The zero-order chi connectivity index (χ0) is 22.2. The summed E-state index contributed by atoms with van der Waals surface area (Å²) in [7, 11) is 0. The van der Waals surface area contributed by atoms with Crippen LogP contribution in [0.2, 0.25) is 0 Å². The predicted octanol–water partition coefficient (Wildman–Crippen LogP) is 4.89. The molecule has 1 saturated heterocycles. The molecule has 0 aliphatic carbocycles.